The van der Waals surface area contributed by atoms with E-state index in [2.05, 4.69) is 106 Å². The Bertz CT molecular complexity index is 1130. The van der Waals surface area contributed by atoms with E-state index in [1.807, 2.05) is 19.0 Å². The summed E-state index contributed by atoms with van der Waals surface area (Å²) >= 11 is 1.38. The van der Waals surface area contributed by atoms with Gasteiger partial charge in [0, 0.05) is 26.3 Å². The van der Waals surface area contributed by atoms with Crippen molar-refractivity contribution in [3.05, 3.63) is 103 Å². The van der Waals surface area contributed by atoms with Gasteiger partial charge in [-0.3, -0.25) is 4.79 Å². The quantitative estimate of drug-likeness (QED) is 0.305. The molecule has 0 N–H and O–H groups in total. The first-order valence-corrected chi connectivity index (χ1v) is 14.6. The van der Waals surface area contributed by atoms with Gasteiger partial charge < -0.3 is 4.90 Å². The summed E-state index contributed by atoms with van der Waals surface area (Å²) in [7, 11) is 1.82. The van der Waals surface area contributed by atoms with E-state index in [4.69, 9.17) is 0 Å². The van der Waals surface area contributed by atoms with Crippen molar-refractivity contribution >= 4 is 46.0 Å². The number of aryl methyl sites for hydroxylation is 1. The van der Waals surface area contributed by atoms with Gasteiger partial charge in [0.1, 0.15) is 35.3 Å². The van der Waals surface area contributed by atoms with Crippen LogP contribution in [0.4, 0.5) is 5.95 Å². The summed E-state index contributed by atoms with van der Waals surface area (Å²) in [5.41, 5.74) is 0. The van der Waals surface area contributed by atoms with Gasteiger partial charge in [-0.05, 0) is 36.4 Å². The van der Waals surface area contributed by atoms with Crippen LogP contribution in [0.2, 0.25) is 0 Å². The minimum Gasteiger partial charge on any atom is -0.347 e. The number of anilines is 1. The molecule has 0 fully saturated rings. The summed E-state index contributed by atoms with van der Waals surface area (Å²) in [4.78, 5) is 27.8. The molecular weight excluding hydrogens is 471 g/mol. The van der Waals surface area contributed by atoms with Crippen LogP contribution in [-0.2, 0) is 11.2 Å². The summed E-state index contributed by atoms with van der Waals surface area (Å²) in [6.45, 7) is 0. The monoisotopic (exact) mass is 501 g/mol. The highest BCUT2D eigenvalue weighted by molar-refractivity contribution is 8.13. The molecule has 0 spiro atoms. The Balaban J connectivity index is 1.53. The van der Waals surface area contributed by atoms with Crippen LogP contribution in [0.25, 0.3) is 0 Å². The number of rotatable bonds is 10. The maximum atomic E-state index is 13.1. The lowest BCUT2D eigenvalue weighted by molar-refractivity contribution is -0.110. The van der Waals surface area contributed by atoms with Gasteiger partial charge in [0.05, 0.1) is 12.6 Å². The molecule has 1 aromatic heterocycles. The van der Waals surface area contributed by atoms with E-state index >= 15 is 0 Å². The van der Waals surface area contributed by atoms with Gasteiger partial charge >= 0.3 is 0 Å². The van der Waals surface area contributed by atoms with Gasteiger partial charge in [-0.25, -0.2) is 9.97 Å². The zero-order valence-corrected chi connectivity index (χ0v) is 21.8. The number of carbonyl (C=O) groups is 1. The lowest BCUT2D eigenvalue weighted by atomic mass is 10.4. The smallest absolute Gasteiger partial charge is 0.228 e. The van der Waals surface area contributed by atoms with Crippen molar-refractivity contribution < 1.29 is 4.79 Å². The molecule has 4 aromatic rings. The van der Waals surface area contributed by atoms with E-state index in [1.54, 1.807) is 0 Å². The van der Waals surface area contributed by atoms with Crippen molar-refractivity contribution in [1.82, 2.24) is 15.0 Å². The predicted octanol–water partition coefficient (Wildman–Crippen LogP) is 4.12. The van der Waals surface area contributed by atoms with Gasteiger partial charge in [0.15, 0.2) is 5.12 Å². The first-order valence-electron chi connectivity index (χ1n) is 11.7. The van der Waals surface area contributed by atoms with Crippen molar-refractivity contribution in [2.45, 2.75) is 12.8 Å². The maximum Gasteiger partial charge on any atom is 0.228 e. The number of thioether (sulfide) groups is 1. The van der Waals surface area contributed by atoms with Gasteiger partial charge in [0.25, 0.3) is 0 Å². The average Bonchev–Trinajstić information content (AvgIpc) is 2.91. The summed E-state index contributed by atoms with van der Waals surface area (Å²) in [5, 5.41) is 4.11. The van der Waals surface area contributed by atoms with Crippen LogP contribution in [0.1, 0.15) is 12.2 Å². The lowest BCUT2D eigenvalue weighted by Gasteiger charge is -2.27. The molecule has 7 heteroatoms. The normalized spacial score (nSPS) is 11.3. The Morgan fingerprint density at radius 3 is 1.80 bits per heavy atom. The second-order valence-corrected chi connectivity index (χ2v) is 13.1. The fourth-order valence-corrected chi connectivity index (χ4v) is 9.29. The molecule has 0 saturated heterocycles. The number of hydrogen-bond acceptors (Lipinski definition) is 6. The number of carbonyl (C=O) groups excluding carboxylic acids is 1. The molecule has 178 valence electrons. The Labute approximate surface area is 212 Å². The van der Waals surface area contributed by atoms with E-state index < -0.39 is 7.26 Å². The second kappa shape index (κ2) is 12.1. The van der Waals surface area contributed by atoms with E-state index in [0.29, 0.717) is 30.4 Å². The minimum absolute atomic E-state index is 0.207. The second-order valence-electron chi connectivity index (χ2n) is 8.36. The first-order chi connectivity index (χ1) is 17.1. The van der Waals surface area contributed by atoms with E-state index in [1.165, 1.54) is 34.0 Å². The molecule has 3 aromatic carbocycles. The fourth-order valence-electron chi connectivity index (χ4n) is 4.13. The van der Waals surface area contributed by atoms with Crippen molar-refractivity contribution in [3.63, 3.8) is 0 Å². The molecule has 0 atom stereocenters. The largest absolute Gasteiger partial charge is 0.347 e. The minimum atomic E-state index is -1.99. The topological polar surface area (TPSA) is 59.0 Å². The molecule has 0 unspecified atom stereocenters. The lowest BCUT2D eigenvalue weighted by Crippen LogP contribution is -2.33. The zero-order chi connectivity index (χ0) is 24.5. The highest BCUT2D eigenvalue weighted by Crippen LogP contribution is 2.55. The summed E-state index contributed by atoms with van der Waals surface area (Å²) in [6.07, 6.45) is 3.48. The summed E-state index contributed by atoms with van der Waals surface area (Å²) in [6, 6.07) is 32.1. The van der Waals surface area contributed by atoms with Crippen LogP contribution in [0.3, 0.4) is 0 Å². The highest BCUT2D eigenvalue weighted by Gasteiger charge is 2.45. The van der Waals surface area contributed by atoms with Crippen LogP contribution >= 0.6 is 19.0 Å². The van der Waals surface area contributed by atoms with Crippen LogP contribution < -0.4 is 20.8 Å². The molecule has 0 aliphatic heterocycles. The third-order valence-electron chi connectivity index (χ3n) is 5.84. The van der Waals surface area contributed by atoms with Crippen molar-refractivity contribution in [2.24, 2.45) is 0 Å². The molecule has 0 radical (unpaired) electrons. The molecule has 0 aliphatic rings. The molecule has 0 bridgehead atoms. The molecule has 0 saturated carbocycles. The van der Waals surface area contributed by atoms with Crippen molar-refractivity contribution in [2.75, 3.05) is 30.9 Å². The Hall–Kier alpha value is -3.08. The molecule has 0 amide bonds. The Morgan fingerprint density at radius 2 is 1.31 bits per heavy atom. The van der Waals surface area contributed by atoms with Crippen LogP contribution in [-0.4, -0.2) is 46.1 Å². The third kappa shape index (κ3) is 6.14. The van der Waals surface area contributed by atoms with Gasteiger partial charge in [-0.1, -0.05) is 66.4 Å². The number of nitrogens with zero attached hydrogens (tertiary/aromatic N) is 4. The predicted molar refractivity (Wildman–Crippen MR) is 150 cm³/mol. The molecule has 4 rings (SSSR count). The standard InChI is InChI=1S/C28H30N4OPS/c1-32(2)28-30-22-29-26(31-28)19-21-35-27(33)18-20-34(23-12-6-3-7-13-23,24-14-8-4-9-15-24)25-16-10-5-11-17-25/h3-17,22H,18-21H2,1-2H3/q+1. The van der Waals surface area contributed by atoms with Gasteiger partial charge in [0.2, 0.25) is 5.95 Å². The molecule has 0 aliphatic carbocycles. The van der Waals surface area contributed by atoms with Crippen LogP contribution in [0.15, 0.2) is 97.3 Å². The third-order valence-corrected chi connectivity index (χ3v) is 11.2. The van der Waals surface area contributed by atoms with E-state index in [9.17, 15) is 4.79 Å². The van der Waals surface area contributed by atoms with Gasteiger partial charge in [-0.2, -0.15) is 4.98 Å². The number of benzene rings is 3. The summed E-state index contributed by atoms with van der Waals surface area (Å²) < 4.78 is 0. The Kier molecular flexibility index (Phi) is 8.62. The van der Waals surface area contributed by atoms with E-state index in [0.717, 1.165) is 6.16 Å². The summed E-state index contributed by atoms with van der Waals surface area (Å²) in [5.74, 6) is 2.00. The number of hydrogen-bond donors (Lipinski definition) is 0. The van der Waals surface area contributed by atoms with E-state index in [-0.39, 0.29) is 5.12 Å². The van der Waals surface area contributed by atoms with Gasteiger partial charge in [-0.15, -0.1) is 0 Å². The molecular formula is C28H30N4OPS+. The maximum absolute atomic E-state index is 13.1. The Morgan fingerprint density at radius 1 is 0.800 bits per heavy atom. The average molecular weight is 502 g/mol. The van der Waals surface area contributed by atoms with Crippen molar-refractivity contribution in [1.29, 1.82) is 0 Å². The molecule has 1 heterocycles. The first kappa shape index (κ1) is 25.0. The fraction of sp³-hybridized carbons (Fsp3) is 0.214. The molecule has 5 nitrogen and oxygen atoms in total. The highest BCUT2D eigenvalue weighted by atomic mass is 32.2. The zero-order valence-electron chi connectivity index (χ0n) is 20.1. The molecule has 35 heavy (non-hydrogen) atoms. The van der Waals surface area contributed by atoms with Crippen LogP contribution in [0, 0.1) is 0 Å². The number of aromatic nitrogens is 3. The van der Waals surface area contributed by atoms with Crippen LogP contribution in [0.5, 0.6) is 0 Å². The van der Waals surface area contributed by atoms with Crippen molar-refractivity contribution in [3.8, 4) is 0 Å². The SMILES string of the molecule is CN(C)c1ncnc(CCSC(=O)CC[P+](c2ccccc2)(c2ccccc2)c2ccccc2)n1.